The molecule has 2 amide bonds. The molecule has 0 unspecified atom stereocenters. The normalized spacial score (nSPS) is 10.8. The minimum absolute atomic E-state index is 0.372. The van der Waals surface area contributed by atoms with Gasteiger partial charge in [-0.1, -0.05) is 30.3 Å². The number of nitrogens with one attached hydrogen (secondary N) is 2. The van der Waals surface area contributed by atoms with Gasteiger partial charge < -0.3 is 14.8 Å². The Morgan fingerprint density at radius 1 is 0.848 bits per heavy atom. The van der Waals surface area contributed by atoms with Crippen molar-refractivity contribution >= 4 is 29.2 Å². The monoisotopic (exact) mass is 445 g/mol. The molecule has 0 atom stereocenters. The molecule has 0 aliphatic rings. The number of nitrogens with zero attached hydrogens (tertiary/aromatic N) is 1. The molecule has 0 radical (unpaired) electrons. The van der Waals surface area contributed by atoms with Crippen LogP contribution in [0.3, 0.4) is 0 Å². The number of benzene rings is 3. The molecule has 8 nitrogen and oxygen atoms in total. The Hall–Kier alpha value is -4.46. The SMILES string of the molecule is COc1ccccc1NC(=O)C(=O)N/N=C(\C)c1ccc(OC(=O)c2ccccc2C)cc1. The fraction of sp³-hybridized carbons (Fsp3) is 0.120. The molecule has 0 aromatic heterocycles. The first-order valence-electron chi connectivity index (χ1n) is 10.1. The van der Waals surface area contributed by atoms with Gasteiger partial charge in [0.15, 0.2) is 0 Å². The van der Waals surface area contributed by atoms with E-state index in [9.17, 15) is 14.4 Å². The third-order valence-corrected chi connectivity index (χ3v) is 4.73. The Morgan fingerprint density at radius 3 is 2.21 bits per heavy atom. The third kappa shape index (κ3) is 6.04. The molecule has 0 fully saturated rings. The molecule has 2 N–H and O–H groups in total. The highest BCUT2D eigenvalue weighted by molar-refractivity contribution is 6.39. The fourth-order valence-corrected chi connectivity index (χ4v) is 2.91. The van der Waals surface area contributed by atoms with Crippen LogP contribution in [0.5, 0.6) is 11.5 Å². The van der Waals surface area contributed by atoms with Crippen molar-refractivity contribution in [2.45, 2.75) is 13.8 Å². The number of hydrazone groups is 1. The summed E-state index contributed by atoms with van der Waals surface area (Å²) in [6, 6.07) is 20.5. The Bertz CT molecular complexity index is 1200. The van der Waals surface area contributed by atoms with Crippen LogP contribution in [0.25, 0.3) is 0 Å². The summed E-state index contributed by atoms with van der Waals surface area (Å²) in [6.07, 6.45) is 0. The largest absolute Gasteiger partial charge is 0.495 e. The topological polar surface area (TPSA) is 106 Å². The number of carbonyl (C=O) groups excluding carboxylic acids is 3. The highest BCUT2D eigenvalue weighted by Gasteiger charge is 2.15. The lowest BCUT2D eigenvalue weighted by Crippen LogP contribution is -2.33. The quantitative estimate of drug-likeness (QED) is 0.198. The predicted molar refractivity (Wildman–Crippen MR) is 125 cm³/mol. The van der Waals surface area contributed by atoms with Crippen molar-refractivity contribution in [2.75, 3.05) is 12.4 Å². The number of methoxy groups -OCH3 is 1. The average molecular weight is 445 g/mol. The van der Waals surface area contributed by atoms with Gasteiger partial charge in [0.2, 0.25) is 0 Å². The number of aryl methyl sites for hydroxylation is 1. The van der Waals surface area contributed by atoms with Crippen molar-refractivity contribution in [3.63, 3.8) is 0 Å². The van der Waals surface area contributed by atoms with Crippen LogP contribution in [0.15, 0.2) is 77.9 Å². The summed E-state index contributed by atoms with van der Waals surface area (Å²) >= 11 is 0. The Morgan fingerprint density at radius 2 is 1.52 bits per heavy atom. The van der Waals surface area contributed by atoms with Gasteiger partial charge in [-0.25, -0.2) is 10.2 Å². The smallest absolute Gasteiger partial charge is 0.343 e. The van der Waals surface area contributed by atoms with Crippen molar-refractivity contribution in [1.29, 1.82) is 0 Å². The van der Waals surface area contributed by atoms with Gasteiger partial charge in [-0.05, 0) is 67.4 Å². The van der Waals surface area contributed by atoms with Crippen LogP contribution in [-0.4, -0.2) is 30.6 Å². The second-order valence-corrected chi connectivity index (χ2v) is 7.02. The second-order valence-electron chi connectivity index (χ2n) is 7.02. The van der Waals surface area contributed by atoms with E-state index >= 15 is 0 Å². The Balaban J connectivity index is 1.59. The summed E-state index contributed by atoms with van der Waals surface area (Å²) in [4.78, 5) is 36.5. The summed E-state index contributed by atoms with van der Waals surface area (Å²) in [5.41, 5.74) is 5.06. The van der Waals surface area contributed by atoms with Crippen molar-refractivity contribution in [2.24, 2.45) is 5.10 Å². The van der Waals surface area contributed by atoms with E-state index in [0.29, 0.717) is 34.0 Å². The lowest BCUT2D eigenvalue weighted by molar-refractivity contribution is -0.136. The summed E-state index contributed by atoms with van der Waals surface area (Å²) in [6.45, 7) is 3.51. The Kier molecular flexibility index (Phi) is 7.54. The van der Waals surface area contributed by atoms with E-state index in [4.69, 9.17) is 9.47 Å². The molecule has 33 heavy (non-hydrogen) atoms. The average Bonchev–Trinajstić information content (AvgIpc) is 2.83. The molecule has 0 bridgehead atoms. The molecular weight excluding hydrogens is 422 g/mol. The van der Waals surface area contributed by atoms with Crippen molar-refractivity contribution in [3.05, 3.63) is 89.5 Å². The summed E-state index contributed by atoms with van der Waals surface area (Å²) in [5.74, 6) is -1.44. The lowest BCUT2D eigenvalue weighted by Gasteiger charge is -2.09. The van der Waals surface area contributed by atoms with E-state index in [1.165, 1.54) is 7.11 Å². The number of amides is 2. The van der Waals surface area contributed by atoms with Crippen LogP contribution in [0.4, 0.5) is 5.69 Å². The molecule has 0 saturated heterocycles. The molecule has 3 rings (SSSR count). The van der Waals surface area contributed by atoms with Crippen LogP contribution in [0.2, 0.25) is 0 Å². The van der Waals surface area contributed by atoms with Crippen LogP contribution in [0.1, 0.15) is 28.4 Å². The van der Waals surface area contributed by atoms with E-state index in [2.05, 4.69) is 15.8 Å². The molecule has 0 saturated carbocycles. The molecule has 0 heterocycles. The van der Waals surface area contributed by atoms with Crippen LogP contribution in [0, 0.1) is 6.92 Å². The van der Waals surface area contributed by atoms with Gasteiger partial charge in [-0.2, -0.15) is 5.10 Å². The van der Waals surface area contributed by atoms with Gasteiger partial charge in [0.1, 0.15) is 11.5 Å². The molecule has 168 valence electrons. The molecule has 0 aliphatic carbocycles. The zero-order valence-electron chi connectivity index (χ0n) is 18.4. The first-order chi connectivity index (χ1) is 15.9. The molecule has 8 heteroatoms. The minimum atomic E-state index is -0.927. The van der Waals surface area contributed by atoms with E-state index in [1.807, 2.05) is 19.1 Å². The number of para-hydroxylation sites is 2. The summed E-state index contributed by atoms with van der Waals surface area (Å²) < 4.78 is 10.6. The number of hydrogen-bond acceptors (Lipinski definition) is 6. The zero-order chi connectivity index (χ0) is 23.8. The fourth-order valence-electron chi connectivity index (χ4n) is 2.91. The minimum Gasteiger partial charge on any atom is -0.495 e. The number of esters is 1. The first-order valence-corrected chi connectivity index (χ1v) is 10.1. The second kappa shape index (κ2) is 10.7. The van der Waals surface area contributed by atoms with Gasteiger partial charge in [0.05, 0.1) is 24.1 Å². The number of hydrogen-bond donors (Lipinski definition) is 2. The van der Waals surface area contributed by atoms with E-state index in [1.54, 1.807) is 67.6 Å². The van der Waals surface area contributed by atoms with Crippen molar-refractivity contribution in [3.8, 4) is 11.5 Å². The van der Waals surface area contributed by atoms with Crippen LogP contribution in [-0.2, 0) is 9.59 Å². The lowest BCUT2D eigenvalue weighted by atomic mass is 10.1. The first kappa shape index (κ1) is 23.2. The highest BCUT2D eigenvalue weighted by Crippen LogP contribution is 2.22. The zero-order valence-corrected chi connectivity index (χ0v) is 18.4. The molecule has 0 spiro atoms. The predicted octanol–water partition coefficient (Wildman–Crippen LogP) is 3.70. The summed E-state index contributed by atoms with van der Waals surface area (Å²) in [7, 11) is 1.47. The standard InChI is InChI=1S/C25H23N3O5/c1-16-8-4-5-9-20(16)25(31)33-19-14-12-18(13-15-19)17(2)27-28-24(30)23(29)26-21-10-6-7-11-22(21)32-3/h4-15H,1-3H3,(H,26,29)(H,28,30)/b27-17+. The maximum Gasteiger partial charge on any atom is 0.343 e. The number of ether oxygens (including phenoxy) is 2. The Labute approximate surface area is 191 Å². The van der Waals surface area contributed by atoms with Gasteiger partial charge in [0, 0.05) is 0 Å². The number of rotatable bonds is 6. The van der Waals surface area contributed by atoms with Crippen LogP contribution < -0.4 is 20.2 Å². The number of carbonyl (C=O) groups is 3. The summed E-state index contributed by atoms with van der Waals surface area (Å²) in [5, 5.41) is 6.44. The van der Waals surface area contributed by atoms with E-state index in [-0.39, 0.29) is 0 Å². The van der Waals surface area contributed by atoms with Crippen LogP contribution >= 0.6 is 0 Å². The van der Waals surface area contributed by atoms with Gasteiger partial charge in [-0.3, -0.25) is 9.59 Å². The maximum atomic E-state index is 12.3. The number of anilines is 1. The molecule has 0 aliphatic heterocycles. The van der Waals surface area contributed by atoms with Crippen molar-refractivity contribution < 1.29 is 23.9 Å². The highest BCUT2D eigenvalue weighted by atomic mass is 16.5. The van der Waals surface area contributed by atoms with Gasteiger partial charge in [0.25, 0.3) is 0 Å². The maximum absolute atomic E-state index is 12.3. The van der Waals surface area contributed by atoms with E-state index in [0.717, 1.165) is 5.56 Å². The van der Waals surface area contributed by atoms with Gasteiger partial charge in [-0.15, -0.1) is 0 Å². The molecular formula is C25H23N3O5. The third-order valence-electron chi connectivity index (χ3n) is 4.73. The molecule has 3 aromatic carbocycles. The molecule has 3 aromatic rings. The van der Waals surface area contributed by atoms with Gasteiger partial charge >= 0.3 is 17.8 Å². The van der Waals surface area contributed by atoms with Crippen molar-refractivity contribution in [1.82, 2.24) is 5.43 Å². The van der Waals surface area contributed by atoms with E-state index < -0.39 is 17.8 Å².